The van der Waals surface area contributed by atoms with Crippen LogP contribution in [0.5, 0.6) is 0 Å². The highest BCUT2D eigenvalue weighted by Crippen LogP contribution is 2.22. The fourth-order valence-corrected chi connectivity index (χ4v) is 4.79. The van der Waals surface area contributed by atoms with Gasteiger partial charge in [0.1, 0.15) is 11.6 Å². The van der Waals surface area contributed by atoms with Gasteiger partial charge in [0.25, 0.3) is 0 Å². The molecule has 0 aromatic heterocycles. The van der Waals surface area contributed by atoms with Crippen molar-refractivity contribution in [1.82, 2.24) is 15.4 Å². The number of hydrogen-bond donors (Lipinski definition) is 3. The summed E-state index contributed by atoms with van der Waals surface area (Å²) in [5.41, 5.74) is 1.34. The average molecular weight is 486 g/mol. The topological polar surface area (TPSA) is 140 Å². The zero-order chi connectivity index (χ0) is 25.4. The maximum absolute atomic E-state index is 13.0. The Kier molecular flexibility index (Phi) is 10.3. The first kappa shape index (κ1) is 28.4. The first-order chi connectivity index (χ1) is 15.2. The molecule has 0 heterocycles. The lowest BCUT2D eigenvalue weighted by molar-refractivity contribution is -0.145. The van der Waals surface area contributed by atoms with E-state index in [9.17, 15) is 22.8 Å². The number of carbonyl (C=O) groups excluding carboxylic acids is 3. The number of amides is 2. The van der Waals surface area contributed by atoms with Gasteiger partial charge < -0.3 is 20.1 Å². The highest BCUT2D eigenvalue weighted by atomic mass is 32.2. The van der Waals surface area contributed by atoms with Crippen molar-refractivity contribution in [3.05, 3.63) is 28.8 Å². The van der Waals surface area contributed by atoms with Crippen LogP contribution < -0.4 is 15.4 Å². The van der Waals surface area contributed by atoms with E-state index in [2.05, 4.69) is 15.4 Å². The van der Waals surface area contributed by atoms with Gasteiger partial charge in [0.2, 0.25) is 15.9 Å². The van der Waals surface area contributed by atoms with Crippen molar-refractivity contribution in [3.8, 4) is 0 Å². The average Bonchev–Trinajstić information content (AvgIpc) is 2.62. The van der Waals surface area contributed by atoms with Crippen LogP contribution in [0.4, 0.5) is 4.79 Å². The molecule has 2 amide bonds. The predicted octanol–water partition coefficient (Wildman–Crippen LogP) is 1.85. The Morgan fingerprint density at radius 3 is 2.12 bits per heavy atom. The molecule has 1 atom stereocenters. The molecule has 0 saturated heterocycles. The number of nitrogens with one attached hydrogen (secondary N) is 3. The van der Waals surface area contributed by atoms with Crippen LogP contribution in [0.25, 0.3) is 0 Å². The van der Waals surface area contributed by atoms with Gasteiger partial charge in [0, 0.05) is 19.5 Å². The summed E-state index contributed by atoms with van der Waals surface area (Å²) in [7, 11) is -4.07. The first-order valence-corrected chi connectivity index (χ1v) is 12.1. The van der Waals surface area contributed by atoms with Crippen LogP contribution in [0.3, 0.4) is 0 Å². The number of rotatable bonds is 10. The van der Waals surface area contributed by atoms with Crippen molar-refractivity contribution in [2.45, 2.75) is 71.4 Å². The fourth-order valence-electron chi connectivity index (χ4n) is 3.15. The number of aryl methyl sites for hydroxylation is 3. The molecule has 0 fully saturated rings. The molecule has 33 heavy (non-hydrogen) atoms. The number of esters is 1. The third kappa shape index (κ3) is 9.79. The summed E-state index contributed by atoms with van der Waals surface area (Å²) in [5, 5.41) is 4.95. The van der Waals surface area contributed by atoms with Crippen molar-refractivity contribution in [1.29, 1.82) is 0 Å². The Morgan fingerprint density at radius 2 is 1.61 bits per heavy atom. The number of sulfonamides is 1. The van der Waals surface area contributed by atoms with Crippen molar-refractivity contribution in [3.63, 3.8) is 0 Å². The Labute approximate surface area is 195 Å². The molecule has 186 valence electrons. The second-order valence-electron chi connectivity index (χ2n) is 8.64. The van der Waals surface area contributed by atoms with Gasteiger partial charge in [-0.1, -0.05) is 17.7 Å². The molecule has 3 N–H and O–H groups in total. The lowest BCUT2D eigenvalue weighted by atomic mass is 10.1. The van der Waals surface area contributed by atoms with Crippen LogP contribution in [0.15, 0.2) is 17.0 Å². The summed E-state index contributed by atoms with van der Waals surface area (Å²) in [6.07, 6.45) is -0.742. The van der Waals surface area contributed by atoms with E-state index in [0.717, 1.165) is 5.56 Å². The van der Waals surface area contributed by atoms with Gasteiger partial charge in [-0.2, -0.15) is 4.72 Å². The molecule has 1 rings (SSSR count). The molecule has 1 aromatic rings. The van der Waals surface area contributed by atoms with Gasteiger partial charge in [-0.3, -0.25) is 9.59 Å². The van der Waals surface area contributed by atoms with E-state index in [4.69, 9.17) is 9.47 Å². The quantitative estimate of drug-likeness (QED) is 0.430. The SMILES string of the molecule is CCOC(=O)[C@H](CNC(=O)CCNC(=O)OC(C)(C)C)NS(=O)(=O)c1c(C)cc(C)cc1C. The molecule has 10 nitrogen and oxygen atoms in total. The normalized spacial score (nSPS) is 12.6. The molecular weight excluding hydrogens is 450 g/mol. The minimum atomic E-state index is -4.07. The molecule has 0 radical (unpaired) electrons. The van der Waals surface area contributed by atoms with Gasteiger partial charge in [-0.05, 0) is 59.6 Å². The van der Waals surface area contributed by atoms with E-state index >= 15 is 0 Å². The smallest absolute Gasteiger partial charge is 0.407 e. The Balaban J connectivity index is 2.81. The lowest BCUT2D eigenvalue weighted by Gasteiger charge is -2.20. The number of alkyl carbamates (subject to hydrolysis) is 1. The second-order valence-corrected chi connectivity index (χ2v) is 10.3. The molecule has 0 aliphatic carbocycles. The summed E-state index contributed by atoms with van der Waals surface area (Å²) in [6.45, 7) is 11.7. The molecule has 0 saturated carbocycles. The van der Waals surface area contributed by atoms with E-state index < -0.39 is 39.6 Å². The maximum Gasteiger partial charge on any atom is 0.407 e. The zero-order valence-corrected chi connectivity index (χ0v) is 21.1. The molecular formula is C22H35N3O7S. The fraction of sp³-hybridized carbons (Fsp3) is 0.591. The van der Waals surface area contributed by atoms with Crippen LogP contribution in [-0.4, -0.2) is 57.7 Å². The molecule has 0 aliphatic rings. The van der Waals surface area contributed by atoms with Crippen LogP contribution in [-0.2, 0) is 29.1 Å². The van der Waals surface area contributed by atoms with Gasteiger partial charge in [-0.15, -0.1) is 0 Å². The lowest BCUT2D eigenvalue weighted by Crippen LogP contribution is -2.49. The van der Waals surface area contributed by atoms with E-state index in [0.29, 0.717) is 11.1 Å². The molecule has 1 aromatic carbocycles. The summed E-state index contributed by atoms with van der Waals surface area (Å²) >= 11 is 0. The highest BCUT2D eigenvalue weighted by Gasteiger charge is 2.29. The molecule has 0 unspecified atom stereocenters. The zero-order valence-electron chi connectivity index (χ0n) is 20.3. The summed E-state index contributed by atoms with van der Waals surface area (Å²) in [6, 6.07) is 2.15. The third-order valence-corrected chi connectivity index (χ3v) is 6.04. The summed E-state index contributed by atoms with van der Waals surface area (Å²) in [4.78, 5) is 36.2. The molecule has 0 bridgehead atoms. The second kappa shape index (κ2) is 12.0. The van der Waals surface area contributed by atoms with Crippen molar-refractivity contribution < 1.29 is 32.3 Å². The number of carbonyl (C=O) groups is 3. The molecule has 11 heteroatoms. The van der Waals surface area contributed by atoms with Crippen LogP contribution in [0.1, 0.15) is 50.8 Å². The van der Waals surface area contributed by atoms with E-state index in [-0.39, 0.29) is 31.0 Å². The summed E-state index contributed by atoms with van der Waals surface area (Å²) < 4.78 is 38.4. The Bertz CT molecular complexity index is 946. The monoisotopic (exact) mass is 485 g/mol. The minimum absolute atomic E-state index is 0.0122. The summed E-state index contributed by atoms with van der Waals surface area (Å²) in [5.74, 6) is -1.29. The molecule has 0 spiro atoms. The first-order valence-electron chi connectivity index (χ1n) is 10.7. The number of ether oxygens (including phenoxy) is 2. The number of hydrogen-bond acceptors (Lipinski definition) is 7. The Morgan fingerprint density at radius 1 is 1.03 bits per heavy atom. The Hall–Kier alpha value is -2.66. The van der Waals surface area contributed by atoms with Gasteiger partial charge in [-0.25, -0.2) is 13.2 Å². The van der Waals surface area contributed by atoms with E-state index in [1.165, 1.54) is 0 Å². The van der Waals surface area contributed by atoms with Gasteiger partial charge in [0.05, 0.1) is 11.5 Å². The van der Waals surface area contributed by atoms with Crippen LogP contribution >= 0.6 is 0 Å². The minimum Gasteiger partial charge on any atom is -0.465 e. The van der Waals surface area contributed by atoms with Crippen molar-refractivity contribution >= 4 is 28.0 Å². The van der Waals surface area contributed by atoms with E-state index in [1.807, 2.05) is 6.92 Å². The molecule has 0 aliphatic heterocycles. The third-order valence-electron chi connectivity index (χ3n) is 4.27. The van der Waals surface area contributed by atoms with Crippen molar-refractivity contribution in [2.75, 3.05) is 19.7 Å². The predicted molar refractivity (Wildman–Crippen MR) is 123 cm³/mol. The van der Waals surface area contributed by atoms with Gasteiger partial charge >= 0.3 is 12.1 Å². The van der Waals surface area contributed by atoms with Gasteiger partial charge in [0.15, 0.2) is 0 Å². The maximum atomic E-state index is 13.0. The highest BCUT2D eigenvalue weighted by molar-refractivity contribution is 7.89. The van der Waals surface area contributed by atoms with E-state index in [1.54, 1.807) is 53.7 Å². The van der Waals surface area contributed by atoms with Crippen LogP contribution in [0, 0.1) is 20.8 Å². The van der Waals surface area contributed by atoms with Crippen LogP contribution in [0.2, 0.25) is 0 Å². The van der Waals surface area contributed by atoms with Crippen molar-refractivity contribution in [2.24, 2.45) is 0 Å². The number of benzene rings is 1. The standard InChI is InChI=1S/C22H35N3O7S/c1-8-31-20(27)17(13-24-18(26)9-10-23-21(28)32-22(5,6)7)25-33(29,30)19-15(3)11-14(2)12-16(19)4/h11-12,17,25H,8-10,13H2,1-7H3,(H,23,28)(H,24,26)/t17-/m0/s1. The largest absolute Gasteiger partial charge is 0.465 e.